The molecule has 0 saturated heterocycles. The number of H-pyrrole nitrogens is 1. The molecule has 9 nitrogen and oxygen atoms in total. The summed E-state index contributed by atoms with van der Waals surface area (Å²) in [4.78, 5) is 21.2. The van der Waals surface area contributed by atoms with Crippen molar-refractivity contribution in [1.82, 2.24) is 25.5 Å². The van der Waals surface area contributed by atoms with Gasteiger partial charge in [0.05, 0.1) is 32.9 Å². The molecule has 0 aliphatic rings. The average Bonchev–Trinajstić information content (AvgIpc) is 3.35. The summed E-state index contributed by atoms with van der Waals surface area (Å²) in [5.74, 6) is 2.39. The van der Waals surface area contributed by atoms with E-state index in [1.807, 2.05) is 42.5 Å². The van der Waals surface area contributed by atoms with Gasteiger partial charge in [-0.25, -0.2) is 4.98 Å². The van der Waals surface area contributed by atoms with E-state index in [1.165, 1.54) is 0 Å². The summed E-state index contributed by atoms with van der Waals surface area (Å²) >= 11 is 0. The minimum Gasteiger partial charge on any atom is -0.496 e. The van der Waals surface area contributed by atoms with Crippen LogP contribution in [0.4, 0.5) is 5.69 Å². The number of nitrogens with one attached hydrogen (secondary N) is 3. The minimum absolute atomic E-state index is 0.204. The molecule has 4 rings (SSSR count). The molecule has 0 radical (unpaired) electrons. The van der Waals surface area contributed by atoms with Gasteiger partial charge in [0.25, 0.3) is 5.91 Å². The topological polar surface area (TPSA) is 114 Å². The molecule has 0 bridgehead atoms. The molecule has 2 heterocycles. The van der Waals surface area contributed by atoms with E-state index in [9.17, 15) is 4.79 Å². The number of nitrogens with zero attached hydrogens (tertiary/aromatic N) is 3. The first-order chi connectivity index (χ1) is 16.2. The van der Waals surface area contributed by atoms with Crippen molar-refractivity contribution in [1.29, 1.82) is 0 Å². The fourth-order valence-electron chi connectivity index (χ4n) is 3.34. The summed E-state index contributed by atoms with van der Waals surface area (Å²) in [5.41, 5.74) is 3.00. The smallest absolute Gasteiger partial charge is 0.251 e. The van der Waals surface area contributed by atoms with Crippen LogP contribution in [0, 0.1) is 0 Å². The zero-order chi connectivity index (χ0) is 23.0. The molecule has 3 N–H and O–H groups in total. The molecule has 0 spiro atoms. The van der Waals surface area contributed by atoms with Crippen LogP contribution in [-0.2, 0) is 13.1 Å². The highest BCUT2D eigenvalue weighted by molar-refractivity contribution is 5.95. The molecular weight excluding hydrogens is 420 g/mol. The van der Waals surface area contributed by atoms with Crippen molar-refractivity contribution < 1.29 is 14.3 Å². The van der Waals surface area contributed by atoms with Gasteiger partial charge < -0.3 is 20.1 Å². The Labute approximate surface area is 191 Å². The number of anilines is 1. The molecule has 4 aromatic rings. The van der Waals surface area contributed by atoms with E-state index < -0.39 is 0 Å². The number of hydrogen-bond donors (Lipinski definition) is 3. The Balaban J connectivity index is 1.38. The molecular formula is C24H24N6O3. The Morgan fingerprint density at radius 3 is 2.42 bits per heavy atom. The van der Waals surface area contributed by atoms with Crippen molar-refractivity contribution in [3.63, 3.8) is 0 Å². The maximum absolute atomic E-state index is 12.7. The van der Waals surface area contributed by atoms with Crippen molar-refractivity contribution >= 4 is 11.6 Å². The fourth-order valence-corrected chi connectivity index (χ4v) is 3.34. The maximum atomic E-state index is 12.7. The summed E-state index contributed by atoms with van der Waals surface area (Å²) in [5, 5.41) is 13.3. The predicted molar refractivity (Wildman–Crippen MR) is 124 cm³/mol. The highest BCUT2D eigenvalue weighted by Crippen LogP contribution is 2.28. The molecule has 168 valence electrons. The lowest BCUT2D eigenvalue weighted by Gasteiger charge is -2.14. The van der Waals surface area contributed by atoms with Gasteiger partial charge in [0.15, 0.2) is 11.6 Å². The van der Waals surface area contributed by atoms with E-state index >= 15 is 0 Å². The lowest BCUT2D eigenvalue weighted by Crippen LogP contribution is -2.23. The molecule has 33 heavy (non-hydrogen) atoms. The van der Waals surface area contributed by atoms with Crippen molar-refractivity contribution in [2.45, 2.75) is 13.1 Å². The Bertz CT molecular complexity index is 1200. The van der Waals surface area contributed by atoms with Crippen LogP contribution in [0.25, 0.3) is 11.4 Å². The number of carbonyl (C=O) groups is 1. The first-order valence-corrected chi connectivity index (χ1v) is 10.3. The maximum Gasteiger partial charge on any atom is 0.251 e. The number of benzene rings is 2. The third-order valence-corrected chi connectivity index (χ3v) is 5.02. The van der Waals surface area contributed by atoms with E-state index in [-0.39, 0.29) is 12.5 Å². The molecule has 1 amide bonds. The molecule has 0 atom stereocenters. The quantitative estimate of drug-likeness (QED) is 0.362. The van der Waals surface area contributed by atoms with Crippen LogP contribution in [0.15, 0.2) is 67.0 Å². The number of carbonyl (C=O) groups excluding carboxylic acids is 1. The zero-order valence-electron chi connectivity index (χ0n) is 18.3. The van der Waals surface area contributed by atoms with Crippen molar-refractivity contribution in [2.75, 3.05) is 19.5 Å². The summed E-state index contributed by atoms with van der Waals surface area (Å²) in [6, 6.07) is 16.5. The fraction of sp³-hybridized carbons (Fsp3) is 0.167. The summed E-state index contributed by atoms with van der Waals surface area (Å²) in [6.45, 7) is 0.684. The van der Waals surface area contributed by atoms with Gasteiger partial charge in [-0.05, 0) is 42.5 Å². The van der Waals surface area contributed by atoms with Gasteiger partial charge in [0.1, 0.15) is 11.5 Å². The Hall–Kier alpha value is -4.40. The highest BCUT2D eigenvalue weighted by Gasteiger charge is 2.13. The molecule has 0 aliphatic heterocycles. The third-order valence-electron chi connectivity index (χ3n) is 5.02. The van der Waals surface area contributed by atoms with Gasteiger partial charge >= 0.3 is 0 Å². The predicted octanol–water partition coefficient (Wildman–Crippen LogP) is 3.43. The Kier molecular flexibility index (Phi) is 6.79. The number of aromatic nitrogens is 4. The molecule has 2 aromatic carbocycles. The normalized spacial score (nSPS) is 10.5. The first-order valence-electron chi connectivity index (χ1n) is 10.3. The van der Waals surface area contributed by atoms with Crippen LogP contribution >= 0.6 is 0 Å². The van der Waals surface area contributed by atoms with Crippen LogP contribution in [-0.4, -0.2) is 40.3 Å². The van der Waals surface area contributed by atoms with Crippen LogP contribution in [0.2, 0.25) is 0 Å². The Morgan fingerprint density at radius 1 is 0.970 bits per heavy atom. The van der Waals surface area contributed by atoms with Gasteiger partial charge in [-0.2, -0.15) is 5.10 Å². The third kappa shape index (κ3) is 5.27. The van der Waals surface area contributed by atoms with E-state index in [1.54, 1.807) is 38.7 Å². The number of rotatable bonds is 9. The zero-order valence-corrected chi connectivity index (χ0v) is 18.3. The lowest BCUT2D eigenvalue weighted by molar-refractivity contribution is 0.0950. The second kappa shape index (κ2) is 10.3. The molecule has 0 fully saturated rings. The number of amides is 1. The van der Waals surface area contributed by atoms with Crippen LogP contribution in [0.3, 0.4) is 0 Å². The van der Waals surface area contributed by atoms with E-state index in [0.29, 0.717) is 35.3 Å². The number of aromatic amines is 1. The van der Waals surface area contributed by atoms with Crippen molar-refractivity contribution in [3.05, 3.63) is 83.9 Å². The summed E-state index contributed by atoms with van der Waals surface area (Å²) in [6.07, 6.45) is 3.41. The van der Waals surface area contributed by atoms with E-state index in [0.717, 1.165) is 16.8 Å². The van der Waals surface area contributed by atoms with E-state index in [2.05, 4.69) is 30.8 Å². The van der Waals surface area contributed by atoms with Crippen LogP contribution < -0.4 is 20.1 Å². The molecule has 0 unspecified atom stereocenters. The lowest BCUT2D eigenvalue weighted by atomic mass is 10.1. The van der Waals surface area contributed by atoms with E-state index in [4.69, 9.17) is 9.47 Å². The van der Waals surface area contributed by atoms with Gasteiger partial charge in [0, 0.05) is 29.2 Å². The van der Waals surface area contributed by atoms with Crippen molar-refractivity contribution in [3.8, 4) is 22.9 Å². The number of methoxy groups -OCH3 is 2. The summed E-state index contributed by atoms with van der Waals surface area (Å²) < 4.78 is 10.8. The number of ether oxygens (including phenoxy) is 2. The minimum atomic E-state index is -0.204. The average molecular weight is 444 g/mol. The molecule has 9 heteroatoms. The van der Waals surface area contributed by atoms with Gasteiger partial charge in [0.2, 0.25) is 0 Å². The SMILES string of the molecule is COc1cccc(OC)c1CNC(=O)c1cccc(NCc2n[nH]c(-c3ccncc3)n2)c1. The molecule has 0 saturated carbocycles. The van der Waals surface area contributed by atoms with Gasteiger partial charge in [-0.3, -0.25) is 14.9 Å². The van der Waals surface area contributed by atoms with Gasteiger partial charge in [-0.1, -0.05) is 12.1 Å². The second-order valence-electron chi connectivity index (χ2n) is 7.09. The standard InChI is InChI=1S/C24H24N6O3/c1-32-20-7-4-8-21(33-2)19(20)14-27-24(31)17-5-3-6-18(13-17)26-15-22-28-23(30-29-22)16-9-11-25-12-10-16/h3-13,26H,14-15H2,1-2H3,(H,27,31)(H,28,29,30). The van der Waals surface area contributed by atoms with Crippen LogP contribution in [0.5, 0.6) is 11.5 Å². The first kappa shape index (κ1) is 21.8. The largest absolute Gasteiger partial charge is 0.496 e. The summed E-state index contributed by atoms with van der Waals surface area (Å²) in [7, 11) is 3.17. The highest BCUT2D eigenvalue weighted by atomic mass is 16.5. The number of pyridine rings is 1. The van der Waals surface area contributed by atoms with Gasteiger partial charge in [-0.15, -0.1) is 0 Å². The second-order valence-corrected chi connectivity index (χ2v) is 7.09. The number of hydrogen-bond acceptors (Lipinski definition) is 7. The molecule has 0 aliphatic carbocycles. The molecule has 2 aromatic heterocycles. The van der Waals surface area contributed by atoms with Crippen molar-refractivity contribution in [2.24, 2.45) is 0 Å². The Morgan fingerprint density at radius 2 is 1.70 bits per heavy atom. The monoisotopic (exact) mass is 444 g/mol. The van der Waals surface area contributed by atoms with Crippen LogP contribution in [0.1, 0.15) is 21.7 Å².